The molecule has 33 heavy (non-hydrogen) atoms. The number of carbonyl (C=O) groups is 2. The van der Waals surface area contributed by atoms with E-state index >= 15 is 4.39 Å². The van der Waals surface area contributed by atoms with Gasteiger partial charge in [-0.1, -0.05) is 61.2 Å². The van der Waals surface area contributed by atoms with Gasteiger partial charge in [-0.05, 0) is 54.0 Å². The number of carbonyl (C=O) groups excluding carboxylic acids is 2. The van der Waals surface area contributed by atoms with Crippen LogP contribution in [0.1, 0.15) is 56.1 Å². The summed E-state index contributed by atoms with van der Waals surface area (Å²) in [6.07, 6.45) is 4.76. The molecule has 4 nitrogen and oxygen atoms in total. The Labute approximate surface area is 203 Å². The lowest BCUT2D eigenvalue weighted by Crippen LogP contribution is -2.43. The molecule has 0 radical (unpaired) electrons. The Morgan fingerprint density at radius 3 is 2.67 bits per heavy atom. The van der Waals surface area contributed by atoms with Gasteiger partial charge in [0.25, 0.3) is 0 Å². The fourth-order valence-electron chi connectivity index (χ4n) is 6.08. The van der Waals surface area contributed by atoms with Gasteiger partial charge < -0.3 is 10.6 Å². The van der Waals surface area contributed by atoms with Crippen molar-refractivity contribution in [3.8, 4) is 0 Å². The minimum atomic E-state index is -1.12. The van der Waals surface area contributed by atoms with Crippen LogP contribution in [0.3, 0.4) is 0 Å². The van der Waals surface area contributed by atoms with Gasteiger partial charge in [0.2, 0.25) is 5.91 Å². The van der Waals surface area contributed by atoms with Crippen molar-refractivity contribution >= 4 is 40.6 Å². The third-order valence-corrected chi connectivity index (χ3v) is 8.40. The number of hydrogen-bond acceptors (Lipinski definition) is 3. The molecule has 1 amide bonds. The van der Waals surface area contributed by atoms with E-state index in [1.54, 1.807) is 24.3 Å². The number of amides is 1. The highest BCUT2D eigenvalue weighted by atomic mass is 35.5. The lowest BCUT2D eigenvalue weighted by molar-refractivity contribution is -0.123. The second-order valence-corrected chi connectivity index (χ2v) is 10.7. The lowest BCUT2D eigenvalue weighted by Gasteiger charge is -2.32. The van der Waals surface area contributed by atoms with Crippen molar-refractivity contribution < 1.29 is 14.0 Å². The lowest BCUT2D eigenvalue weighted by atomic mass is 9.67. The molecule has 0 unspecified atom stereocenters. The quantitative estimate of drug-likeness (QED) is 0.566. The highest BCUT2D eigenvalue weighted by molar-refractivity contribution is 6.31. The van der Waals surface area contributed by atoms with Gasteiger partial charge in [0.1, 0.15) is 5.82 Å². The van der Waals surface area contributed by atoms with E-state index in [1.807, 2.05) is 6.07 Å². The molecular weight excluding hydrogens is 462 g/mol. The zero-order chi connectivity index (χ0) is 23.3. The molecule has 2 fully saturated rings. The molecule has 2 aromatic carbocycles. The van der Waals surface area contributed by atoms with Crippen molar-refractivity contribution in [2.24, 2.45) is 11.8 Å². The summed E-state index contributed by atoms with van der Waals surface area (Å²) in [6.45, 7) is 2.49. The van der Waals surface area contributed by atoms with Crippen LogP contribution in [0.5, 0.6) is 0 Å². The molecule has 0 aromatic heterocycles. The van der Waals surface area contributed by atoms with Crippen molar-refractivity contribution in [2.45, 2.75) is 56.4 Å². The van der Waals surface area contributed by atoms with Gasteiger partial charge >= 0.3 is 0 Å². The van der Waals surface area contributed by atoms with Crippen LogP contribution < -0.4 is 10.6 Å². The third-order valence-electron chi connectivity index (χ3n) is 7.87. The summed E-state index contributed by atoms with van der Waals surface area (Å²) in [7, 11) is 0. The fourth-order valence-corrected chi connectivity index (χ4v) is 6.44. The summed E-state index contributed by atoms with van der Waals surface area (Å²) in [5.74, 6) is -0.478. The number of Topliss-reactive ketones (excluding diaryl/α,β-unsaturated/α-hetero) is 1. The minimum Gasteiger partial charge on any atom is -0.325 e. The molecule has 174 valence electrons. The zero-order valence-electron chi connectivity index (χ0n) is 18.5. The van der Waals surface area contributed by atoms with Crippen LogP contribution in [0.4, 0.5) is 10.1 Å². The number of hydrogen-bond donors (Lipinski definition) is 2. The molecule has 2 aromatic rings. The highest BCUT2D eigenvalue weighted by Crippen LogP contribution is 2.53. The maximum absolute atomic E-state index is 15.4. The molecule has 3 atom stereocenters. The van der Waals surface area contributed by atoms with Gasteiger partial charge in [0.15, 0.2) is 5.78 Å². The normalized spacial score (nSPS) is 31.0. The summed E-state index contributed by atoms with van der Waals surface area (Å²) < 4.78 is 15.4. The van der Waals surface area contributed by atoms with E-state index in [4.69, 9.17) is 23.2 Å². The van der Waals surface area contributed by atoms with Crippen LogP contribution in [-0.2, 0) is 15.0 Å². The van der Waals surface area contributed by atoms with Crippen molar-refractivity contribution in [2.75, 3.05) is 11.9 Å². The first-order chi connectivity index (χ1) is 15.8. The van der Waals surface area contributed by atoms with E-state index < -0.39 is 23.2 Å². The van der Waals surface area contributed by atoms with E-state index in [-0.39, 0.29) is 23.3 Å². The van der Waals surface area contributed by atoms with Crippen LogP contribution in [0, 0.1) is 17.7 Å². The fraction of sp³-hybridized carbons (Fsp3) is 0.462. The zero-order valence-corrected chi connectivity index (χ0v) is 20.0. The molecule has 7 heteroatoms. The van der Waals surface area contributed by atoms with Crippen LogP contribution in [0.2, 0.25) is 10.0 Å². The smallest absolute Gasteiger partial charge is 0.237 e. The Morgan fingerprint density at radius 2 is 1.91 bits per heavy atom. The third kappa shape index (κ3) is 3.78. The summed E-state index contributed by atoms with van der Waals surface area (Å²) >= 11 is 12.3. The SMILES string of the molecule is CC1CCC(CC(=O)[C@@H]2NC[C@@]3(C(=O)Nc4cc(Cl)ccc43)[C@H]2c2cccc(Cl)c2F)CC1. The Morgan fingerprint density at radius 1 is 1.15 bits per heavy atom. The maximum atomic E-state index is 15.4. The summed E-state index contributed by atoms with van der Waals surface area (Å²) in [5.41, 5.74) is 0.514. The Balaban J connectivity index is 1.57. The van der Waals surface area contributed by atoms with E-state index in [2.05, 4.69) is 17.6 Å². The Kier molecular flexibility index (Phi) is 6.00. The van der Waals surface area contributed by atoms with E-state index in [0.29, 0.717) is 34.5 Å². The first-order valence-corrected chi connectivity index (χ1v) is 12.4. The van der Waals surface area contributed by atoms with Gasteiger partial charge in [-0.25, -0.2) is 4.39 Å². The largest absolute Gasteiger partial charge is 0.325 e. The second kappa shape index (κ2) is 8.68. The molecule has 1 saturated heterocycles. The van der Waals surface area contributed by atoms with Crippen molar-refractivity contribution in [3.63, 3.8) is 0 Å². The minimum absolute atomic E-state index is 0.0169. The van der Waals surface area contributed by atoms with E-state index in [9.17, 15) is 9.59 Å². The monoisotopic (exact) mass is 488 g/mol. The molecule has 5 rings (SSSR count). The Hall–Kier alpha value is -1.95. The van der Waals surface area contributed by atoms with Gasteiger partial charge in [0, 0.05) is 29.6 Å². The molecule has 2 heterocycles. The standard InChI is InChI=1S/C26H27Cl2FN2O2/c1-14-5-7-15(8-6-14)11-21(32)24-22(17-3-2-4-19(28)23(17)29)26(13-30-24)18-10-9-16(27)12-20(18)31-25(26)33/h2-4,9-10,12,14-15,22,24,30H,5-8,11,13H2,1H3,(H,31,33)/t14?,15?,22-,24-,26-/m0/s1. The number of anilines is 1. The first-order valence-electron chi connectivity index (χ1n) is 11.6. The molecule has 3 aliphatic rings. The topological polar surface area (TPSA) is 58.2 Å². The van der Waals surface area contributed by atoms with Crippen molar-refractivity contribution in [1.29, 1.82) is 0 Å². The van der Waals surface area contributed by atoms with E-state index in [1.165, 1.54) is 6.07 Å². The van der Waals surface area contributed by atoms with Crippen LogP contribution in [0.15, 0.2) is 36.4 Å². The molecule has 1 spiro atoms. The average molecular weight is 489 g/mol. The van der Waals surface area contributed by atoms with Gasteiger partial charge in [-0.3, -0.25) is 9.59 Å². The molecule has 0 bridgehead atoms. The van der Waals surface area contributed by atoms with Crippen molar-refractivity contribution in [3.05, 3.63) is 63.4 Å². The number of rotatable bonds is 4. The Bertz CT molecular complexity index is 1120. The molecule has 1 saturated carbocycles. The highest BCUT2D eigenvalue weighted by Gasteiger charge is 2.61. The summed E-state index contributed by atoms with van der Waals surface area (Å²) in [6, 6.07) is 9.36. The van der Waals surface area contributed by atoms with Crippen LogP contribution in [0.25, 0.3) is 0 Å². The average Bonchev–Trinajstić information content (AvgIpc) is 3.30. The van der Waals surface area contributed by atoms with Gasteiger partial charge in [0.05, 0.1) is 16.5 Å². The molecule has 2 aliphatic heterocycles. The second-order valence-electron chi connectivity index (χ2n) is 9.89. The number of nitrogens with one attached hydrogen (secondary N) is 2. The van der Waals surface area contributed by atoms with Gasteiger partial charge in [-0.15, -0.1) is 0 Å². The predicted molar refractivity (Wildman–Crippen MR) is 128 cm³/mol. The molecule has 1 aliphatic carbocycles. The van der Waals surface area contributed by atoms with Crippen LogP contribution in [-0.4, -0.2) is 24.3 Å². The van der Waals surface area contributed by atoms with Crippen molar-refractivity contribution in [1.82, 2.24) is 5.32 Å². The molecular formula is C26H27Cl2FN2O2. The number of fused-ring (bicyclic) bond motifs is 2. The molecule has 2 N–H and O–H groups in total. The van der Waals surface area contributed by atoms with E-state index in [0.717, 1.165) is 31.2 Å². The van der Waals surface area contributed by atoms with Gasteiger partial charge in [-0.2, -0.15) is 0 Å². The predicted octanol–water partition coefficient (Wildman–Crippen LogP) is 5.86. The summed E-state index contributed by atoms with van der Waals surface area (Å²) in [5, 5.41) is 6.72. The van der Waals surface area contributed by atoms with Crippen LogP contribution >= 0.6 is 23.2 Å². The summed E-state index contributed by atoms with van der Waals surface area (Å²) in [4.78, 5) is 27.1. The number of benzene rings is 2. The number of halogens is 3. The maximum Gasteiger partial charge on any atom is 0.237 e. The first kappa shape index (κ1) is 22.8. The number of ketones is 1.